The van der Waals surface area contributed by atoms with Gasteiger partial charge in [-0.25, -0.2) is 4.39 Å². The van der Waals surface area contributed by atoms with E-state index in [1.165, 1.54) is 12.3 Å². The molecule has 30 heavy (non-hydrogen) atoms. The van der Waals surface area contributed by atoms with Gasteiger partial charge >= 0.3 is 0 Å². The van der Waals surface area contributed by atoms with Crippen LogP contribution in [0.4, 0.5) is 21.5 Å². The molecule has 0 unspecified atom stereocenters. The Morgan fingerprint density at radius 2 is 2.10 bits per heavy atom. The highest BCUT2D eigenvalue weighted by molar-refractivity contribution is 6.11. The van der Waals surface area contributed by atoms with E-state index < -0.39 is 5.82 Å². The number of allylic oxidation sites excluding steroid dienone is 1. The topological polar surface area (TPSA) is 115 Å². The van der Waals surface area contributed by atoms with Gasteiger partial charge in [0, 0.05) is 61.4 Å². The molecule has 6 N–H and O–H groups in total. The molecular weight excluding hydrogens is 383 g/mol. The van der Waals surface area contributed by atoms with Crippen LogP contribution in [0, 0.1) is 11.2 Å². The van der Waals surface area contributed by atoms with Crippen LogP contribution in [0.1, 0.15) is 18.9 Å². The first-order chi connectivity index (χ1) is 14.4. The number of halogens is 1. The largest absolute Gasteiger partial charge is 0.398 e. The van der Waals surface area contributed by atoms with Crippen LogP contribution in [0.25, 0.3) is 16.8 Å². The normalized spacial score (nSPS) is 16.8. The Hall–Kier alpha value is -3.68. The zero-order valence-corrected chi connectivity index (χ0v) is 17.1. The molecule has 2 aromatic carbocycles. The van der Waals surface area contributed by atoms with E-state index in [0.29, 0.717) is 22.5 Å². The Bertz CT molecular complexity index is 1060. The van der Waals surface area contributed by atoms with E-state index in [-0.39, 0.29) is 24.1 Å². The van der Waals surface area contributed by atoms with Crippen molar-refractivity contribution in [2.45, 2.75) is 19.4 Å². The first-order valence-electron chi connectivity index (χ1n) is 9.53. The molecular formula is C22H25FN6O. The summed E-state index contributed by atoms with van der Waals surface area (Å²) < 4.78 is 14.5. The molecule has 1 aliphatic rings. The molecule has 0 aromatic heterocycles. The first kappa shape index (κ1) is 21.0. The van der Waals surface area contributed by atoms with E-state index in [4.69, 9.17) is 11.1 Å². The van der Waals surface area contributed by atoms with Gasteiger partial charge in [0.15, 0.2) is 0 Å². The second-order valence-electron chi connectivity index (χ2n) is 7.05. The maximum Gasteiger partial charge on any atom is 0.226 e. The van der Waals surface area contributed by atoms with Crippen molar-refractivity contribution in [3.05, 3.63) is 47.3 Å². The Labute approximate surface area is 174 Å². The minimum Gasteiger partial charge on any atom is -0.398 e. The van der Waals surface area contributed by atoms with Gasteiger partial charge in [-0.2, -0.15) is 0 Å². The van der Waals surface area contributed by atoms with Gasteiger partial charge in [0.2, 0.25) is 5.91 Å². The summed E-state index contributed by atoms with van der Waals surface area (Å²) in [7, 11) is 3.40. The molecule has 0 radical (unpaired) electrons. The fourth-order valence-corrected chi connectivity index (χ4v) is 3.49. The van der Waals surface area contributed by atoms with Crippen molar-refractivity contribution in [1.82, 2.24) is 0 Å². The predicted octanol–water partition coefficient (Wildman–Crippen LogP) is 3.70. The van der Waals surface area contributed by atoms with Crippen molar-refractivity contribution < 1.29 is 9.18 Å². The highest BCUT2D eigenvalue weighted by atomic mass is 19.1. The zero-order chi connectivity index (χ0) is 21.8. The number of hydrogen-bond donors (Lipinski definition) is 5. The van der Waals surface area contributed by atoms with E-state index >= 15 is 0 Å². The van der Waals surface area contributed by atoms with Gasteiger partial charge in [-0.1, -0.05) is 6.07 Å². The number of rotatable bonds is 5. The minimum atomic E-state index is -0.500. The SMILES string of the molecule is CN=C/C(C=N)=C(\N)c1cc(-c2ccc(F)c3c2N[C@H](C)CC(=O)N3)ccc1NC. The van der Waals surface area contributed by atoms with Gasteiger partial charge in [0.25, 0.3) is 0 Å². The summed E-state index contributed by atoms with van der Waals surface area (Å²) in [5, 5.41) is 16.7. The average Bonchev–Trinajstić information content (AvgIpc) is 2.89. The lowest BCUT2D eigenvalue weighted by atomic mass is 9.96. The van der Waals surface area contributed by atoms with E-state index in [2.05, 4.69) is 20.9 Å². The average molecular weight is 408 g/mol. The van der Waals surface area contributed by atoms with Gasteiger partial charge in [-0.15, -0.1) is 0 Å². The molecule has 7 nitrogen and oxygen atoms in total. The van der Waals surface area contributed by atoms with Gasteiger partial charge in [0.1, 0.15) is 11.5 Å². The summed E-state index contributed by atoms with van der Waals surface area (Å²) in [5.41, 5.74) is 10.9. The molecule has 3 rings (SSSR count). The summed E-state index contributed by atoms with van der Waals surface area (Å²) in [6.07, 6.45) is 2.92. The van der Waals surface area contributed by atoms with Crippen LogP contribution in [0.3, 0.4) is 0 Å². The molecule has 0 saturated heterocycles. The molecule has 0 aliphatic carbocycles. The highest BCUT2D eigenvalue weighted by Gasteiger charge is 2.24. The lowest BCUT2D eigenvalue weighted by molar-refractivity contribution is -0.116. The number of fused-ring (bicyclic) bond motifs is 1. The summed E-state index contributed by atoms with van der Waals surface area (Å²) in [6, 6.07) is 8.50. The second-order valence-corrected chi connectivity index (χ2v) is 7.05. The molecule has 156 valence electrons. The number of carbonyl (C=O) groups excluding carboxylic acids is 1. The van der Waals surface area contributed by atoms with Crippen LogP contribution in [0.15, 0.2) is 40.9 Å². The molecule has 0 bridgehead atoms. The van der Waals surface area contributed by atoms with Crippen molar-refractivity contribution in [3.63, 3.8) is 0 Å². The Balaban J connectivity index is 2.22. The lowest BCUT2D eigenvalue weighted by Crippen LogP contribution is -2.19. The number of amides is 1. The molecule has 1 aliphatic heterocycles. The Morgan fingerprint density at radius 1 is 1.33 bits per heavy atom. The smallest absolute Gasteiger partial charge is 0.226 e. The van der Waals surface area contributed by atoms with Gasteiger partial charge < -0.3 is 27.1 Å². The van der Waals surface area contributed by atoms with Crippen molar-refractivity contribution in [3.8, 4) is 11.1 Å². The maximum absolute atomic E-state index is 14.5. The Morgan fingerprint density at radius 3 is 2.77 bits per heavy atom. The van der Waals surface area contributed by atoms with Crippen molar-refractivity contribution >= 4 is 41.1 Å². The van der Waals surface area contributed by atoms with E-state index in [1.807, 2.05) is 25.1 Å². The van der Waals surface area contributed by atoms with Crippen LogP contribution in [-0.4, -0.2) is 38.5 Å². The maximum atomic E-state index is 14.5. The number of nitrogens with two attached hydrogens (primary N) is 1. The van der Waals surface area contributed by atoms with Gasteiger partial charge in [0.05, 0.1) is 11.4 Å². The third-order valence-electron chi connectivity index (χ3n) is 4.93. The zero-order valence-electron chi connectivity index (χ0n) is 17.1. The van der Waals surface area contributed by atoms with Crippen LogP contribution in [0.5, 0.6) is 0 Å². The van der Waals surface area contributed by atoms with Crippen molar-refractivity contribution in [2.24, 2.45) is 10.7 Å². The predicted molar refractivity (Wildman–Crippen MR) is 122 cm³/mol. The fraction of sp³-hybridized carbons (Fsp3) is 0.227. The summed E-state index contributed by atoms with van der Waals surface area (Å²) in [5.74, 6) is -0.738. The number of anilines is 3. The molecule has 2 aromatic rings. The standard InChI is InChI=1S/C22H25FN6O/c1-12-8-19(30)29-22-17(23)6-5-15(21(22)28-12)13-4-7-18(27-3)16(9-13)20(25)14(10-24)11-26-2/h4-7,9-12,24,27-28H,8,25H2,1-3H3,(H,29,30)/b20-14-,24-10?,26-11?/t12-/m1/s1. The van der Waals surface area contributed by atoms with Crippen LogP contribution in [0.2, 0.25) is 0 Å². The molecule has 8 heteroatoms. The summed E-state index contributed by atoms with van der Waals surface area (Å²) in [6.45, 7) is 1.88. The quantitative estimate of drug-likeness (QED) is 0.485. The first-order valence-corrected chi connectivity index (χ1v) is 9.53. The van der Waals surface area contributed by atoms with Crippen molar-refractivity contribution in [2.75, 3.05) is 30.0 Å². The molecule has 1 amide bonds. The fourth-order valence-electron chi connectivity index (χ4n) is 3.49. The minimum absolute atomic E-state index is 0.142. The van der Waals surface area contributed by atoms with Crippen LogP contribution in [-0.2, 0) is 4.79 Å². The number of carbonyl (C=O) groups is 1. The van der Waals surface area contributed by atoms with Crippen molar-refractivity contribution in [1.29, 1.82) is 5.41 Å². The number of hydrogen-bond acceptors (Lipinski definition) is 6. The lowest BCUT2D eigenvalue weighted by Gasteiger charge is -2.19. The van der Waals surface area contributed by atoms with Crippen LogP contribution < -0.4 is 21.7 Å². The second kappa shape index (κ2) is 8.77. The monoisotopic (exact) mass is 408 g/mol. The van der Waals surface area contributed by atoms with E-state index in [0.717, 1.165) is 23.0 Å². The number of aliphatic imine (C=N–C) groups is 1. The molecule has 0 fully saturated rings. The van der Waals surface area contributed by atoms with Crippen LogP contribution >= 0.6 is 0 Å². The Kier molecular flexibility index (Phi) is 6.15. The number of nitrogens with one attached hydrogen (secondary N) is 4. The number of benzene rings is 2. The third-order valence-corrected chi connectivity index (χ3v) is 4.93. The molecule has 0 saturated carbocycles. The summed E-state index contributed by atoms with van der Waals surface area (Å²) >= 11 is 0. The van der Waals surface area contributed by atoms with Gasteiger partial charge in [-0.3, -0.25) is 9.79 Å². The summed E-state index contributed by atoms with van der Waals surface area (Å²) in [4.78, 5) is 16.0. The molecule has 1 heterocycles. The third kappa shape index (κ3) is 4.03. The number of nitrogens with zero attached hydrogens (tertiary/aromatic N) is 1. The van der Waals surface area contributed by atoms with Gasteiger partial charge in [-0.05, 0) is 36.8 Å². The van der Waals surface area contributed by atoms with E-state index in [1.54, 1.807) is 20.2 Å². The highest BCUT2D eigenvalue weighted by Crippen LogP contribution is 2.40. The molecule has 1 atom stereocenters. The molecule has 0 spiro atoms. The van der Waals surface area contributed by atoms with E-state index in [9.17, 15) is 9.18 Å².